The van der Waals surface area contributed by atoms with Crippen molar-refractivity contribution < 1.29 is 41.1 Å². The van der Waals surface area contributed by atoms with Crippen LogP contribution in [0.25, 0.3) is 0 Å². The number of rotatable bonds is 11. The molecule has 13 heteroatoms. The Hall–Kier alpha value is -1.93. The number of likely N-dealkylation sites (tertiary alicyclic amines) is 1. The first-order chi connectivity index (χ1) is 17.5. The van der Waals surface area contributed by atoms with E-state index in [1.165, 1.54) is 4.31 Å². The largest absolute Gasteiger partial charge is 0.494 e. The van der Waals surface area contributed by atoms with E-state index in [2.05, 4.69) is 0 Å². The number of ether oxygens (including phenoxy) is 2. The molecule has 2 heterocycles. The second kappa shape index (κ2) is 12.7. The van der Waals surface area contributed by atoms with E-state index in [0.29, 0.717) is 44.8 Å². The number of hydroxylamine groups is 1. The Labute approximate surface area is 215 Å². The van der Waals surface area contributed by atoms with Crippen molar-refractivity contribution in [2.24, 2.45) is 0 Å². The third kappa shape index (κ3) is 7.34. The number of sulfonamides is 1. The quantitative estimate of drug-likeness (QED) is 0.247. The van der Waals surface area contributed by atoms with Crippen LogP contribution in [-0.2, 0) is 19.6 Å². The van der Waals surface area contributed by atoms with Crippen LogP contribution in [0.15, 0.2) is 24.3 Å². The van der Waals surface area contributed by atoms with Gasteiger partial charge in [-0.1, -0.05) is 12.1 Å². The van der Waals surface area contributed by atoms with Crippen molar-refractivity contribution in [2.75, 3.05) is 53.0 Å². The SMILES string of the molecule is COCCN1CCC(C(=O)NO)(S(=O)(=O)N2CCC(c3ccc(OCCCC(F)(F)F)cc3)CC2)CC1. The van der Waals surface area contributed by atoms with E-state index < -0.39 is 33.3 Å². The number of carbonyl (C=O) groups is 1. The van der Waals surface area contributed by atoms with Gasteiger partial charge in [-0.15, -0.1) is 0 Å². The number of hydrogen-bond donors (Lipinski definition) is 2. The summed E-state index contributed by atoms with van der Waals surface area (Å²) in [5.74, 6) is -0.309. The topological polar surface area (TPSA) is 108 Å². The zero-order valence-corrected chi connectivity index (χ0v) is 21.8. The van der Waals surface area contributed by atoms with Crippen LogP contribution in [0.3, 0.4) is 0 Å². The third-order valence-corrected chi connectivity index (χ3v) is 9.93. The van der Waals surface area contributed by atoms with E-state index in [-0.39, 0.29) is 44.9 Å². The van der Waals surface area contributed by atoms with Crippen LogP contribution < -0.4 is 10.2 Å². The Morgan fingerprint density at radius 2 is 1.73 bits per heavy atom. The van der Waals surface area contributed by atoms with E-state index in [4.69, 9.17) is 9.47 Å². The van der Waals surface area contributed by atoms with Crippen molar-refractivity contribution in [3.05, 3.63) is 29.8 Å². The standard InChI is InChI=1S/C24H36F3N3O6S/c1-35-18-16-29-14-10-23(11-15-29,22(31)28-32)37(33,34)30-12-7-20(8-13-30)19-3-5-21(6-4-19)36-17-2-9-24(25,26)27/h3-6,20,32H,2,7-18H2,1H3,(H,28,31). The lowest BCUT2D eigenvalue weighted by molar-refractivity contribution is -0.136. The fourth-order valence-electron chi connectivity index (χ4n) is 5.04. The second-order valence-electron chi connectivity index (χ2n) is 9.58. The zero-order valence-electron chi connectivity index (χ0n) is 21.0. The number of piperidine rings is 2. The first kappa shape index (κ1) is 29.6. The number of nitrogens with one attached hydrogen (secondary N) is 1. The Morgan fingerprint density at radius 3 is 2.27 bits per heavy atom. The van der Waals surface area contributed by atoms with Gasteiger partial charge in [-0.2, -0.15) is 13.2 Å². The van der Waals surface area contributed by atoms with Crippen LogP contribution in [0.5, 0.6) is 5.75 Å². The van der Waals surface area contributed by atoms with Gasteiger partial charge in [0.2, 0.25) is 10.0 Å². The lowest BCUT2D eigenvalue weighted by Crippen LogP contribution is -2.62. The predicted octanol–water partition coefficient (Wildman–Crippen LogP) is 2.90. The van der Waals surface area contributed by atoms with E-state index >= 15 is 0 Å². The third-order valence-electron chi connectivity index (χ3n) is 7.30. The fourth-order valence-corrected chi connectivity index (χ4v) is 7.20. The summed E-state index contributed by atoms with van der Waals surface area (Å²) in [6.07, 6.45) is -3.92. The van der Waals surface area contributed by atoms with Crippen LogP contribution in [-0.4, -0.2) is 92.7 Å². The van der Waals surface area contributed by atoms with Crippen LogP contribution in [0.4, 0.5) is 13.2 Å². The van der Waals surface area contributed by atoms with Crippen molar-refractivity contribution in [3.8, 4) is 5.75 Å². The molecule has 2 fully saturated rings. The van der Waals surface area contributed by atoms with Crippen LogP contribution in [0, 0.1) is 0 Å². The molecule has 2 aliphatic rings. The summed E-state index contributed by atoms with van der Waals surface area (Å²) in [6, 6.07) is 7.13. The fraction of sp³-hybridized carbons (Fsp3) is 0.708. The van der Waals surface area contributed by atoms with E-state index in [0.717, 1.165) is 5.56 Å². The maximum absolute atomic E-state index is 13.7. The van der Waals surface area contributed by atoms with Crippen molar-refractivity contribution in [3.63, 3.8) is 0 Å². The molecule has 9 nitrogen and oxygen atoms in total. The molecular formula is C24H36F3N3O6S. The predicted molar refractivity (Wildman–Crippen MR) is 130 cm³/mol. The highest BCUT2D eigenvalue weighted by Gasteiger charge is 2.55. The molecule has 0 atom stereocenters. The average Bonchev–Trinajstić information content (AvgIpc) is 2.89. The molecule has 0 aliphatic carbocycles. The first-order valence-corrected chi connectivity index (χ1v) is 13.9. The molecule has 0 spiro atoms. The normalized spacial score (nSPS) is 20.0. The van der Waals surface area contributed by atoms with Gasteiger partial charge in [0.1, 0.15) is 5.75 Å². The van der Waals surface area contributed by atoms with Crippen LogP contribution in [0.2, 0.25) is 0 Å². The minimum atomic E-state index is -4.20. The van der Waals surface area contributed by atoms with Gasteiger partial charge in [0, 0.05) is 46.3 Å². The van der Waals surface area contributed by atoms with Gasteiger partial charge < -0.3 is 14.4 Å². The van der Waals surface area contributed by atoms with Gasteiger partial charge in [-0.05, 0) is 55.7 Å². The Kier molecular flexibility index (Phi) is 10.2. The molecule has 0 bridgehead atoms. The first-order valence-electron chi connectivity index (χ1n) is 12.5. The summed E-state index contributed by atoms with van der Waals surface area (Å²) in [7, 11) is -2.44. The molecule has 1 aromatic rings. The van der Waals surface area contributed by atoms with Gasteiger partial charge in [-0.25, -0.2) is 18.2 Å². The van der Waals surface area contributed by atoms with E-state index in [1.807, 2.05) is 17.0 Å². The molecule has 210 valence electrons. The number of nitrogens with zero attached hydrogens (tertiary/aromatic N) is 2. The van der Waals surface area contributed by atoms with Gasteiger partial charge in [0.25, 0.3) is 5.91 Å². The molecule has 2 N–H and O–H groups in total. The van der Waals surface area contributed by atoms with Crippen LogP contribution >= 0.6 is 0 Å². The monoisotopic (exact) mass is 551 g/mol. The van der Waals surface area contributed by atoms with Crippen LogP contribution in [0.1, 0.15) is 50.0 Å². The maximum atomic E-state index is 13.7. The number of carbonyl (C=O) groups excluding carboxylic acids is 1. The Bertz CT molecular complexity index is 974. The zero-order chi connectivity index (χ0) is 27.1. The number of hydrogen-bond acceptors (Lipinski definition) is 7. The minimum Gasteiger partial charge on any atom is -0.494 e. The highest BCUT2D eigenvalue weighted by atomic mass is 32.2. The van der Waals surface area contributed by atoms with Crippen molar-refractivity contribution in [2.45, 2.75) is 55.4 Å². The highest BCUT2D eigenvalue weighted by molar-refractivity contribution is 7.91. The molecule has 1 aromatic carbocycles. The van der Waals surface area contributed by atoms with Gasteiger partial charge in [0.05, 0.1) is 13.2 Å². The second-order valence-corrected chi connectivity index (χ2v) is 11.8. The van der Waals surface area contributed by atoms with E-state index in [1.54, 1.807) is 24.7 Å². The molecule has 3 rings (SSSR count). The maximum Gasteiger partial charge on any atom is 0.389 e. The summed E-state index contributed by atoms with van der Waals surface area (Å²) in [5, 5.41) is 9.36. The number of amides is 1. The summed E-state index contributed by atoms with van der Waals surface area (Å²) in [4.78, 5) is 14.7. The number of methoxy groups -OCH3 is 1. The minimum absolute atomic E-state index is 0.0254. The lowest BCUT2D eigenvalue weighted by Gasteiger charge is -2.43. The number of alkyl halides is 3. The molecule has 2 saturated heterocycles. The van der Waals surface area contributed by atoms with E-state index in [9.17, 15) is 31.6 Å². The number of benzene rings is 1. The molecule has 1 amide bonds. The molecule has 0 unspecified atom stereocenters. The van der Waals surface area contributed by atoms with Gasteiger partial charge in [0.15, 0.2) is 4.75 Å². The lowest BCUT2D eigenvalue weighted by atomic mass is 9.90. The summed E-state index contributed by atoms with van der Waals surface area (Å²) in [6.45, 7) is 2.41. The molecule has 0 aromatic heterocycles. The van der Waals surface area contributed by atoms with Gasteiger partial charge >= 0.3 is 6.18 Å². The molecule has 2 aliphatic heterocycles. The Morgan fingerprint density at radius 1 is 1.11 bits per heavy atom. The molecular weight excluding hydrogens is 515 g/mol. The Balaban J connectivity index is 1.58. The summed E-state index contributed by atoms with van der Waals surface area (Å²) in [5.41, 5.74) is 2.58. The number of halogens is 3. The van der Waals surface area contributed by atoms with Crippen molar-refractivity contribution in [1.29, 1.82) is 0 Å². The van der Waals surface area contributed by atoms with Crippen molar-refractivity contribution in [1.82, 2.24) is 14.7 Å². The molecule has 0 radical (unpaired) electrons. The highest BCUT2D eigenvalue weighted by Crippen LogP contribution is 2.37. The average molecular weight is 552 g/mol. The molecule has 37 heavy (non-hydrogen) atoms. The summed E-state index contributed by atoms with van der Waals surface area (Å²) >= 11 is 0. The van der Waals surface area contributed by atoms with Gasteiger partial charge in [-0.3, -0.25) is 10.0 Å². The van der Waals surface area contributed by atoms with Crippen molar-refractivity contribution >= 4 is 15.9 Å². The summed E-state index contributed by atoms with van der Waals surface area (Å²) < 4.78 is 74.2. The molecule has 0 saturated carbocycles. The smallest absolute Gasteiger partial charge is 0.389 e.